The highest BCUT2D eigenvalue weighted by molar-refractivity contribution is 7.89. The maximum atomic E-state index is 13.0. The summed E-state index contributed by atoms with van der Waals surface area (Å²) < 4.78 is 32.2. The third-order valence-electron chi connectivity index (χ3n) is 4.20. The van der Waals surface area contributed by atoms with Gasteiger partial charge < -0.3 is 4.52 Å². The van der Waals surface area contributed by atoms with Gasteiger partial charge in [-0.2, -0.15) is 4.31 Å². The van der Waals surface area contributed by atoms with Crippen LogP contribution in [0.15, 0.2) is 9.42 Å². The van der Waals surface area contributed by atoms with Crippen molar-refractivity contribution >= 4 is 32.4 Å². The first-order valence-electron chi connectivity index (χ1n) is 8.42. The Hall–Kier alpha value is -1.85. The summed E-state index contributed by atoms with van der Waals surface area (Å²) in [7, 11) is -3.86. The number of hydrogen-bond donors (Lipinski definition) is 1. The van der Waals surface area contributed by atoms with Crippen LogP contribution in [0.1, 0.15) is 42.6 Å². The van der Waals surface area contributed by atoms with Crippen LogP contribution in [0.4, 0.5) is 5.13 Å². The second-order valence-electron chi connectivity index (χ2n) is 6.17. The molecule has 3 heterocycles. The van der Waals surface area contributed by atoms with E-state index in [9.17, 15) is 13.2 Å². The lowest BCUT2D eigenvalue weighted by Gasteiger charge is -2.22. The van der Waals surface area contributed by atoms with Crippen LogP contribution in [0.25, 0.3) is 0 Å². The van der Waals surface area contributed by atoms with Crippen molar-refractivity contribution in [1.82, 2.24) is 19.7 Å². The van der Waals surface area contributed by atoms with Gasteiger partial charge in [0.25, 0.3) is 0 Å². The van der Waals surface area contributed by atoms with Gasteiger partial charge in [0.15, 0.2) is 5.76 Å². The third-order valence-corrected chi connectivity index (χ3v) is 7.25. The molecule has 11 heteroatoms. The van der Waals surface area contributed by atoms with Crippen molar-refractivity contribution in [2.45, 2.75) is 57.4 Å². The van der Waals surface area contributed by atoms with Crippen molar-refractivity contribution < 1.29 is 17.7 Å². The van der Waals surface area contributed by atoms with E-state index in [2.05, 4.69) is 20.7 Å². The zero-order valence-corrected chi connectivity index (χ0v) is 16.5. The predicted molar refractivity (Wildman–Crippen MR) is 95.4 cm³/mol. The normalized spacial score (nSPS) is 18.3. The molecule has 2 aromatic rings. The van der Waals surface area contributed by atoms with Crippen LogP contribution >= 0.6 is 11.3 Å². The molecule has 1 aliphatic rings. The number of nitrogens with zero attached hydrogens (tertiary/aromatic N) is 4. The summed E-state index contributed by atoms with van der Waals surface area (Å²) in [4.78, 5) is 12.7. The van der Waals surface area contributed by atoms with E-state index < -0.39 is 22.0 Å². The molecular weight excluding hydrogens is 378 g/mol. The largest absolute Gasteiger partial charge is 0.360 e. The monoisotopic (exact) mass is 399 g/mol. The van der Waals surface area contributed by atoms with Crippen LogP contribution in [0.5, 0.6) is 0 Å². The van der Waals surface area contributed by atoms with Crippen LogP contribution in [0.2, 0.25) is 0 Å². The second-order valence-corrected chi connectivity index (χ2v) is 9.06. The topological polar surface area (TPSA) is 118 Å². The van der Waals surface area contributed by atoms with Crippen LogP contribution in [-0.2, 0) is 21.2 Å². The SMILES string of the molecule is CCCc1nnc(NC(=O)C2CCCN2S(=O)(=O)c2c(C)noc2C)s1. The molecule has 1 aliphatic heterocycles. The van der Waals surface area contributed by atoms with E-state index in [0.29, 0.717) is 23.7 Å². The Morgan fingerprint density at radius 1 is 1.38 bits per heavy atom. The molecule has 0 aliphatic carbocycles. The maximum absolute atomic E-state index is 13.0. The molecule has 1 atom stereocenters. The fourth-order valence-corrected chi connectivity index (χ4v) is 5.85. The Kier molecular flexibility index (Phi) is 5.39. The van der Waals surface area contributed by atoms with Gasteiger partial charge in [-0.25, -0.2) is 8.42 Å². The summed E-state index contributed by atoms with van der Waals surface area (Å²) in [5.41, 5.74) is 0.293. The minimum absolute atomic E-state index is 0.0401. The van der Waals surface area contributed by atoms with E-state index in [1.165, 1.54) is 15.6 Å². The van der Waals surface area contributed by atoms with Gasteiger partial charge in [0.1, 0.15) is 21.6 Å². The molecular formula is C15H21N5O4S2. The van der Waals surface area contributed by atoms with Crippen LogP contribution in [-0.4, -0.2) is 46.6 Å². The van der Waals surface area contributed by atoms with Crippen molar-refractivity contribution in [3.05, 3.63) is 16.5 Å². The summed E-state index contributed by atoms with van der Waals surface area (Å²) in [5.74, 6) is -0.168. The number of aryl methyl sites for hydroxylation is 3. The molecule has 0 spiro atoms. The van der Waals surface area contributed by atoms with Crippen LogP contribution in [0.3, 0.4) is 0 Å². The van der Waals surface area contributed by atoms with E-state index in [1.54, 1.807) is 13.8 Å². The number of anilines is 1. The smallest absolute Gasteiger partial charge is 0.249 e. The van der Waals surface area contributed by atoms with Crippen molar-refractivity contribution in [1.29, 1.82) is 0 Å². The lowest BCUT2D eigenvalue weighted by molar-refractivity contribution is -0.119. The van der Waals surface area contributed by atoms with Crippen molar-refractivity contribution in [2.24, 2.45) is 0 Å². The Morgan fingerprint density at radius 2 is 2.15 bits per heavy atom. The maximum Gasteiger partial charge on any atom is 0.249 e. The van der Waals surface area contributed by atoms with Crippen molar-refractivity contribution in [2.75, 3.05) is 11.9 Å². The standard InChI is InChI=1S/C15H21N5O4S2/c1-4-6-12-17-18-15(25-12)16-14(21)11-7-5-8-20(11)26(22,23)13-9(2)19-24-10(13)3/h11H,4-8H2,1-3H3,(H,16,18,21). The van der Waals surface area contributed by atoms with Gasteiger partial charge in [-0.05, 0) is 33.1 Å². The average molecular weight is 399 g/mol. The summed E-state index contributed by atoms with van der Waals surface area (Å²) >= 11 is 1.31. The quantitative estimate of drug-likeness (QED) is 0.788. The van der Waals surface area contributed by atoms with Gasteiger partial charge in [-0.15, -0.1) is 10.2 Å². The minimum atomic E-state index is -3.86. The second kappa shape index (κ2) is 7.41. The molecule has 26 heavy (non-hydrogen) atoms. The zero-order chi connectivity index (χ0) is 18.9. The lowest BCUT2D eigenvalue weighted by Crippen LogP contribution is -2.43. The van der Waals surface area contributed by atoms with E-state index in [-0.39, 0.29) is 17.2 Å². The van der Waals surface area contributed by atoms with Crippen molar-refractivity contribution in [3.63, 3.8) is 0 Å². The van der Waals surface area contributed by atoms with E-state index in [1.807, 2.05) is 6.92 Å². The summed E-state index contributed by atoms with van der Waals surface area (Å²) in [6, 6.07) is -0.785. The predicted octanol–water partition coefficient (Wildman–Crippen LogP) is 1.89. The summed E-state index contributed by atoms with van der Waals surface area (Å²) in [5, 5.41) is 15.6. The third kappa shape index (κ3) is 3.51. The summed E-state index contributed by atoms with van der Waals surface area (Å²) in [6.07, 6.45) is 2.80. The zero-order valence-electron chi connectivity index (χ0n) is 14.9. The molecule has 1 N–H and O–H groups in total. The average Bonchev–Trinajstić information content (AvgIpc) is 3.28. The molecule has 1 fully saturated rings. The Morgan fingerprint density at radius 3 is 2.81 bits per heavy atom. The number of amides is 1. The Labute approximate surface area is 155 Å². The van der Waals surface area contributed by atoms with Gasteiger partial charge in [0.05, 0.1) is 0 Å². The lowest BCUT2D eigenvalue weighted by atomic mass is 10.2. The molecule has 3 rings (SSSR count). The Bertz CT molecular complexity index is 886. The van der Waals surface area contributed by atoms with Gasteiger partial charge in [-0.3, -0.25) is 10.1 Å². The number of hydrogen-bond acceptors (Lipinski definition) is 8. The van der Waals surface area contributed by atoms with Crippen LogP contribution < -0.4 is 5.32 Å². The first-order chi connectivity index (χ1) is 12.3. The van der Waals surface area contributed by atoms with Crippen LogP contribution in [0, 0.1) is 13.8 Å². The number of sulfonamides is 1. The van der Waals surface area contributed by atoms with Crippen molar-refractivity contribution in [3.8, 4) is 0 Å². The van der Waals surface area contributed by atoms with E-state index in [4.69, 9.17) is 4.52 Å². The minimum Gasteiger partial charge on any atom is -0.360 e. The van der Waals surface area contributed by atoms with Gasteiger partial charge in [0.2, 0.25) is 21.1 Å². The van der Waals surface area contributed by atoms with Gasteiger partial charge in [-0.1, -0.05) is 23.4 Å². The first-order valence-corrected chi connectivity index (χ1v) is 10.7. The molecule has 2 aromatic heterocycles. The molecule has 1 unspecified atom stereocenters. The Balaban J connectivity index is 1.80. The number of carbonyl (C=O) groups excluding carboxylic acids is 1. The fourth-order valence-electron chi connectivity index (χ4n) is 3.06. The van der Waals surface area contributed by atoms with Gasteiger partial charge >= 0.3 is 0 Å². The highest BCUT2D eigenvalue weighted by Gasteiger charge is 2.42. The summed E-state index contributed by atoms with van der Waals surface area (Å²) in [6.45, 7) is 5.44. The molecule has 0 saturated carbocycles. The first kappa shape index (κ1) is 18.9. The molecule has 0 aromatic carbocycles. The highest BCUT2D eigenvalue weighted by Crippen LogP contribution is 2.30. The molecule has 1 saturated heterocycles. The molecule has 1 amide bonds. The molecule has 142 valence electrons. The highest BCUT2D eigenvalue weighted by atomic mass is 32.2. The molecule has 0 bridgehead atoms. The van der Waals surface area contributed by atoms with E-state index >= 15 is 0 Å². The number of nitrogens with one attached hydrogen (secondary N) is 1. The molecule has 0 radical (unpaired) electrons. The number of aromatic nitrogens is 3. The van der Waals surface area contributed by atoms with E-state index in [0.717, 1.165) is 17.8 Å². The number of rotatable bonds is 6. The fraction of sp³-hybridized carbons (Fsp3) is 0.600. The number of carbonyl (C=O) groups is 1. The molecule has 9 nitrogen and oxygen atoms in total. The van der Waals surface area contributed by atoms with Gasteiger partial charge in [0, 0.05) is 13.0 Å².